The van der Waals surface area contributed by atoms with E-state index in [1.807, 2.05) is 4.57 Å². The summed E-state index contributed by atoms with van der Waals surface area (Å²) in [6, 6.07) is 1.59. The van der Waals surface area contributed by atoms with Crippen LogP contribution in [0.15, 0.2) is 17.1 Å². The third-order valence-corrected chi connectivity index (χ3v) is 4.71. The van der Waals surface area contributed by atoms with Gasteiger partial charge in [-0.2, -0.15) is 0 Å². The van der Waals surface area contributed by atoms with Crippen LogP contribution in [0.4, 0.5) is 0 Å². The van der Waals surface area contributed by atoms with E-state index in [0.717, 1.165) is 51.3 Å². The normalized spacial score (nSPS) is 23.5. The van der Waals surface area contributed by atoms with Crippen molar-refractivity contribution in [3.8, 4) is 5.75 Å². The fourth-order valence-electron chi connectivity index (χ4n) is 3.44. The summed E-state index contributed by atoms with van der Waals surface area (Å²) in [7, 11) is 0. The molecule has 0 aliphatic carbocycles. The van der Waals surface area contributed by atoms with Gasteiger partial charge in [0.15, 0.2) is 5.75 Å². The number of hydrogen-bond donors (Lipinski definition) is 1. The highest BCUT2D eigenvalue weighted by molar-refractivity contribution is 5.20. The van der Waals surface area contributed by atoms with E-state index >= 15 is 0 Å². The van der Waals surface area contributed by atoms with Gasteiger partial charge in [0.1, 0.15) is 0 Å². The number of pyridine rings is 1. The third-order valence-electron chi connectivity index (χ3n) is 4.71. The zero-order valence-electron chi connectivity index (χ0n) is 13.2. The van der Waals surface area contributed by atoms with Crippen molar-refractivity contribution in [2.24, 2.45) is 0 Å². The van der Waals surface area contributed by atoms with Crippen LogP contribution in [0.5, 0.6) is 5.75 Å². The first-order chi connectivity index (χ1) is 10.7. The summed E-state index contributed by atoms with van der Waals surface area (Å²) in [4.78, 5) is 14.2. The van der Waals surface area contributed by atoms with Crippen LogP contribution in [0.25, 0.3) is 0 Å². The van der Waals surface area contributed by atoms with Crippen molar-refractivity contribution in [1.29, 1.82) is 0 Å². The number of likely N-dealkylation sites (tertiary alicyclic amines) is 1. The van der Waals surface area contributed by atoms with Gasteiger partial charge in [-0.3, -0.25) is 9.69 Å². The number of aromatic hydroxyl groups is 1. The average molecular weight is 306 g/mol. The maximum Gasteiger partial charge on any atom is 0.223 e. The molecule has 5 heteroatoms. The van der Waals surface area contributed by atoms with E-state index in [9.17, 15) is 9.90 Å². The second-order valence-corrected chi connectivity index (χ2v) is 6.49. The predicted octanol–water partition coefficient (Wildman–Crippen LogP) is 2.11. The smallest absolute Gasteiger partial charge is 0.223 e. The fourth-order valence-corrected chi connectivity index (χ4v) is 3.44. The van der Waals surface area contributed by atoms with Gasteiger partial charge in [0.25, 0.3) is 0 Å². The van der Waals surface area contributed by atoms with Gasteiger partial charge >= 0.3 is 0 Å². The van der Waals surface area contributed by atoms with Crippen LogP contribution < -0.4 is 5.43 Å². The molecule has 0 saturated carbocycles. The molecule has 22 heavy (non-hydrogen) atoms. The molecule has 0 spiro atoms. The van der Waals surface area contributed by atoms with Crippen molar-refractivity contribution in [2.45, 2.75) is 57.7 Å². The minimum Gasteiger partial charge on any atom is -0.503 e. The molecular formula is C17H26N2O3. The van der Waals surface area contributed by atoms with E-state index in [2.05, 4.69) is 4.90 Å². The van der Waals surface area contributed by atoms with Gasteiger partial charge in [-0.05, 0) is 38.8 Å². The molecule has 3 heterocycles. The van der Waals surface area contributed by atoms with Crippen LogP contribution in [0.2, 0.25) is 0 Å². The van der Waals surface area contributed by atoms with E-state index in [4.69, 9.17) is 4.74 Å². The molecule has 122 valence electrons. The lowest BCUT2D eigenvalue weighted by Crippen LogP contribution is -2.28. The zero-order valence-corrected chi connectivity index (χ0v) is 13.2. The summed E-state index contributed by atoms with van der Waals surface area (Å²) >= 11 is 0. The van der Waals surface area contributed by atoms with Crippen molar-refractivity contribution < 1.29 is 9.84 Å². The molecule has 1 aromatic rings. The number of hydrogen-bond acceptors (Lipinski definition) is 4. The number of ether oxygens (including phenoxy) is 1. The van der Waals surface area contributed by atoms with Crippen molar-refractivity contribution in [3.63, 3.8) is 0 Å². The second kappa shape index (κ2) is 7.29. The van der Waals surface area contributed by atoms with E-state index in [1.54, 1.807) is 12.3 Å². The van der Waals surface area contributed by atoms with Crippen molar-refractivity contribution in [3.05, 3.63) is 28.2 Å². The molecule has 0 bridgehead atoms. The van der Waals surface area contributed by atoms with Crippen LogP contribution in [0, 0.1) is 0 Å². The van der Waals surface area contributed by atoms with Crippen molar-refractivity contribution >= 4 is 0 Å². The van der Waals surface area contributed by atoms with Gasteiger partial charge in [-0.15, -0.1) is 0 Å². The Morgan fingerprint density at radius 2 is 1.95 bits per heavy atom. The standard InChI is InChI=1S/C17H26N2O3/c20-16-10-14(11-18-7-3-1-2-4-8-18)19(13-17(16)21)12-15-6-5-9-22-15/h10,13,15,21H,1-9,11-12H2. The SMILES string of the molecule is O=c1cc(CN2CCCCCC2)n(CC2CCCO2)cc1O. The molecule has 0 aromatic carbocycles. The molecule has 2 saturated heterocycles. The van der Waals surface area contributed by atoms with Crippen LogP contribution in [0.1, 0.15) is 44.2 Å². The monoisotopic (exact) mass is 306 g/mol. The highest BCUT2D eigenvalue weighted by Crippen LogP contribution is 2.18. The summed E-state index contributed by atoms with van der Waals surface area (Å²) in [5.41, 5.74) is 0.702. The van der Waals surface area contributed by atoms with Crippen molar-refractivity contribution in [2.75, 3.05) is 19.7 Å². The Hall–Kier alpha value is -1.33. The van der Waals surface area contributed by atoms with Crippen molar-refractivity contribution in [1.82, 2.24) is 9.47 Å². The maximum atomic E-state index is 11.8. The minimum absolute atomic E-state index is 0.169. The molecule has 1 aromatic heterocycles. The first-order valence-corrected chi connectivity index (χ1v) is 8.48. The first-order valence-electron chi connectivity index (χ1n) is 8.48. The summed E-state index contributed by atoms with van der Waals surface area (Å²) < 4.78 is 7.71. The van der Waals surface area contributed by atoms with E-state index in [1.165, 1.54) is 25.7 Å². The molecule has 1 unspecified atom stereocenters. The maximum absolute atomic E-state index is 11.8. The highest BCUT2D eigenvalue weighted by atomic mass is 16.5. The number of aromatic nitrogens is 1. The van der Waals surface area contributed by atoms with Crippen LogP contribution in [-0.2, 0) is 17.8 Å². The molecule has 1 N–H and O–H groups in total. The predicted molar refractivity (Wildman–Crippen MR) is 85.1 cm³/mol. The third kappa shape index (κ3) is 3.90. The number of rotatable bonds is 4. The molecule has 2 aliphatic rings. The second-order valence-electron chi connectivity index (χ2n) is 6.49. The largest absolute Gasteiger partial charge is 0.503 e. The zero-order chi connectivity index (χ0) is 15.4. The van der Waals surface area contributed by atoms with Crippen LogP contribution >= 0.6 is 0 Å². The van der Waals surface area contributed by atoms with Gasteiger partial charge in [-0.1, -0.05) is 12.8 Å². The summed E-state index contributed by atoms with van der Waals surface area (Å²) in [6.07, 6.45) is 8.99. The van der Waals surface area contributed by atoms with E-state index < -0.39 is 0 Å². The van der Waals surface area contributed by atoms with Gasteiger partial charge in [0.2, 0.25) is 5.43 Å². The Kier molecular flexibility index (Phi) is 5.16. The lowest BCUT2D eigenvalue weighted by Gasteiger charge is -2.23. The van der Waals surface area contributed by atoms with E-state index in [-0.39, 0.29) is 17.3 Å². The molecule has 2 fully saturated rings. The Labute approximate surface area is 131 Å². The lowest BCUT2D eigenvalue weighted by atomic mass is 10.2. The summed E-state index contributed by atoms with van der Waals surface area (Å²) in [5, 5.41) is 9.76. The first kappa shape index (κ1) is 15.6. The Morgan fingerprint density at radius 3 is 2.64 bits per heavy atom. The molecule has 0 amide bonds. The molecule has 2 aliphatic heterocycles. The molecule has 1 atom stereocenters. The van der Waals surface area contributed by atoms with Gasteiger partial charge in [0.05, 0.1) is 12.3 Å². The Balaban J connectivity index is 1.77. The highest BCUT2D eigenvalue weighted by Gasteiger charge is 2.19. The topological polar surface area (TPSA) is 54.7 Å². The molecule has 3 rings (SSSR count). The Morgan fingerprint density at radius 1 is 1.18 bits per heavy atom. The summed E-state index contributed by atoms with van der Waals surface area (Å²) in [5.74, 6) is -0.169. The quantitative estimate of drug-likeness (QED) is 0.925. The lowest BCUT2D eigenvalue weighted by molar-refractivity contribution is 0.0952. The summed E-state index contributed by atoms with van der Waals surface area (Å²) in [6.45, 7) is 4.50. The molecular weight excluding hydrogens is 280 g/mol. The van der Waals surface area contributed by atoms with Crippen LogP contribution in [-0.4, -0.2) is 40.4 Å². The molecule has 5 nitrogen and oxygen atoms in total. The average Bonchev–Trinajstić information content (AvgIpc) is 2.87. The minimum atomic E-state index is -0.284. The van der Waals surface area contributed by atoms with Crippen LogP contribution in [0.3, 0.4) is 0 Å². The van der Waals surface area contributed by atoms with Gasteiger partial charge in [0, 0.05) is 31.5 Å². The van der Waals surface area contributed by atoms with Gasteiger partial charge in [-0.25, -0.2) is 0 Å². The van der Waals surface area contributed by atoms with E-state index in [0.29, 0.717) is 0 Å². The van der Waals surface area contributed by atoms with Gasteiger partial charge < -0.3 is 14.4 Å². The molecule has 0 radical (unpaired) electrons. The fraction of sp³-hybridized carbons (Fsp3) is 0.706. The number of nitrogens with zero attached hydrogens (tertiary/aromatic N) is 2. The Bertz CT molecular complexity index is 541.